The molecule has 1 unspecified atom stereocenters. The van der Waals surface area contributed by atoms with Gasteiger partial charge in [-0.3, -0.25) is 0 Å². The van der Waals surface area contributed by atoms with E-state index in [-0.39, 0.29) is 5.75 Å². The van der Waals surface area contributed by atoms with Crippen molar-refractivity contribution < 1.29 is 10.2 Å². The molecule has 1 aliphatic rings. The lowest BCUT2D eigenvalue weighted by Crippen LogP contribution is -2.09. The number of hydrogen-bond donors (Lipinski definition) is 2. The van der Waals surface area contributed by atoms with E-state index >= 15 is 0 Å². The van der Waals surface area contributed by atoms with E-state index in [4.69, 9.17) is 11.6 Å². The summed E-state index contributed by atoms with van der Waals surface area (Å²) in [6, 6.07) is 0. The first-order valence-corrected chi connectivity index (χ1v) is 6.12. The van der Waals surface area contributed by atoms with Crippen LogP contribution >= 0.6 is 11.6 Å². The first-order chi connectivity index (χ1) is 7.54. The number of aliphatic hydroxyl groups is 1. The second kappa shape index (κ2) is 4.27. The van der Waals surface area contributed by atoms with E-state index in [0.717, 1.165) is 36.8 Å². The van der Waals surface area contributed by atoms with E-state index in [9.17, 15) is 10.2 Å². The van der Waals surface area contributed by atoms with Gasteiger partial charge in [-0.2, -0.15) is 0 Å². The van der Waals surface area contributed by atoms with Crippen LogP contribution in [-0.2, 0) is 12.8 Å². The van der Waals surface area contributed by atoms with Gasteiger partial charge in [-0.1, -0.05) is 11.6 Å². The van der Waals surface area contributed by atoms with Gasteiger partial charge in [-0.05, 0) is 56.2 Å². The van der Waals surface area contributed by atoms with E-state index in [0.29, 0.717) is 10.6 Å². The van der Waals surface area contributed by atoms with Crippen LogP contribution in [0.2, 0.25) is 5.02 Å². The zero-order valence-electron chi connectivity index (χ0n) is 9.68. The Morgan fingerprint density at radius 3 is 2.31 bits per heavy atom. The van der Waals surface area contributed by atoms with Crippen LogP contribution in [0.15, 0.2) is 0 Å². The van der Waals surface area contributed by atoms with Crippen molar-refractivity contribution in [1.82, 2.24) is 0 Å². The van der Waals surface area contributed by atoms with Crippen molar-refractivity contribution >= 4 is 11.6 Å². The summed E-state index contributed by atoms with van der Waals surface area (Å²) in [7, 11) is 0. The Bertz CT molecular complexity index is 425. The van der Waals surface area contributed by atoms with Crippen LogP contribution in [-0.4, -0.2) is 10.2 Å². The van der Waals surface area contributed by atoms with Crippen LogP contribution in [0.3, 0.4) is 0 Å². The summed E-state index contributed by atoms with van der Waals surface area (Å²) < 4.78 is 0. The Balaban J connectivity index is 2.70. The fourth-order valence-electron chi connectivity index (χ4n) is 2.67. The molecule has 1 aromatic rings. The summed E-state index contributed by atoms with van der Waals surface area (Å²) in [5.41, 5.74) is 3.90. The minimum absolute atomic E-state index is 0.0646. The smallest absolute Gasteiger partial charge is 0.140 e. The number of hydrogen-bond acceptors (Lipinski definition) is 2. The number of aromatic hydroxyl groups is 1. The lowest BCUT2D eigenvalue weighted by Gasteiger charge is -2.24. The maximum atomic E-state index is 10.0. The molecule has 0 bridgehead atoms. The molecule has 0 amide bonds. The van der Waals surface area contributed by atoms with Crippen LogP contribution in [0.1, 0.15) is 48.1 Å². The summed E-state index contributed by atoms with van der Waals surface area (Å²) in [5.74, 6) is 0.0646. The number of fused-ring (bicyclic) bond motifs is 1. The average molecular weight is 241 g/mol. The maximum absolute atomic E-state index is 10.0. The Morgan fingerprint density at radius 1 is 1.19 bits per heavy atom. The van der Waals surface area contributed by atoms with E-state index in [1.807, 2.05) is 6.92 Å². The lowest BCUT2D eigenvalue weighted by molar-refractivity contribution is 0.194. The second-order valence-corrected chi connectivity index (χ2v) is 4.92. The van der Waals surface area contributed by atoms with Crippen LogP contribution in [0.4, 0.5) is 0 Å². The normalized spacial score (nSPS) is 17.0. The van der Waals surface area contributed by atoms with E-state index in [2.05, 4.69) is 0 Å². The van der Waals surface area contributed by atoms with Crippen LogP contribution in [0.5, 0.6) is 5.75 Å². The summed E-state index contributed by atoms with van der Waals surface area (Å²) in [6.07, 6.45) is 3.54. The third-order valence-corrected chi connectivity index (χ3v) is 3.88. The largest absolute Gasteiger partial charge is 0.506 e. The van der Waals surface area contributed by atoms with Gasteiger partial charge < -0.3 is 10.2 Å². The highest BCUT2D eigenvalue weighted by Gasteiger charge is 2.24. The van der Waals surface area contributed by atoms with Gasteiger partial charge in [0.05, 0.1) is 11.1 Å². The molecule has 0 saturated heterocycles. The molecule has 0 radical (unpaired) electrons. The van der Waals surface area contributed by atoms with Gasteiger partial charge >= 0.3 is 0 Å². The minimum Gasteiger partial charge on any atom is -0.506 e. The minimum atomic E-state index is -0.676. The molecule has 16 heavy (non-hydrogen) atoms. The van der Waals surface area contributed by atoms with Crippen molar-refractivity contribution in [2.24, 2.45) is 0 Å². The van der Waals surface area contributed by atoms with Crippen LogP contribution in [0.25, 0.3) is 0 Å². The molecule has 0 saturated carbocycles. The number of aliphatic hydroxyl groups excluding tert-OH is 1. The zero-order valence-corrected chi connectivity index (χ0v) is 10.4. The highest BCUT2D eigenvalue weighted by molar-refractivity contribution is 6.33. The Hall–Kier alpha value is -0.730. The zero-order chi connectivity index (χ0) is 11.9. The predicted octanol–water partition coefficient (Wildman–Crippen LogP) is 3.29. The van der Waals surface area contributed by atoms with E-state index in [1.165, 1.54) is 5.56 Å². The molecule has 0 fully saturated rings. The Kier molecular flexibility index (Phi) is 3.13. The van der Waals surface area contributed by atoms with E-state index in [1.54, 1.807) is 6.92 Å². The quantitative estimate of drug-likeness (QED) is 0.791. The molecule has 1 aliphatic carbocycles. The molecule has 88 valence electrons. The molecule has 0 spiro atoms. The van der Waals surface area contributed by atoms with Crippen molar-refractivity contribution in [2.45, 2.75) is 45.6 Å². The Labute approximate surface area is 101 Å². The molecular formula is C13H17ClO2. The van der Waals surface area contributed by atoms with Gasteiger partial charge in [0.25, 0.3) is 0 Å². The molecule has 1 atom stereocenters. The molecule has 2 rings (SSSR count). The topological polar surface area (TPSA) is 40.5 Å². The molecule has 2 N–H and O–H groups in total. The summed E-state index contributed by atoms with van der Waals surface area (Å²) in [5, 5.41) is 20.1. The van der Waals surface area contributed by atoms with Crippen molar-refractivity contribution in [3.63, 3.8) is 0 Å². The third-order valence-electron chi connectivity index (χ3n) is 3.47. The third kappa shape index (κ3) is 1.70. The SMILES string of the molecule is Cc1c2c(c(Cl)c(O)c1C(C)O)CCCC2. The number of phenols is 1. The van der Waals surface area contributed by atoms with Gasteiger partial charge in [-0.15, -0.1) is 0 Å². The van der Waals surface area contributed by atoms with Crippen molar-refractivity contribution in [2.75, 3.05) is 0 Å². The van der Waals surface area contributed by atoms with Gasteiger partial charge in [0, 0.05) is 5.56 Å². The highest BCUT2D eigenvalue weighted by atomic mass is 35.5. The summed E-state index contributed by atoms with van der Waals surface area (Å²) >= 11 is 6.17. The highest BCUT2D eigenvalue weighted by Crippen LogP contribution is 2.42. The van der Waals surface area contributed by atoms with Crippen molar-refractivity contribution in [3.8, 4) is 5.75 Å². The molecule has 0 aliphatic heterocycles. The van der Waals surface area contributed by atoms with Crippen molar-refractivity contribution in [3.05, 3.63) is 27.3 Å². The molecule has 0 aromatic heterocycles. The second-order valence-electron chi connectivity index (χ2n) is 4.54. The maximum Gasteiger partial charge on any atom is 0.140 e. The molecule has 3 heteroatoms. The van der Waals surface area contributed by atoms with Gasteiger partial charge in [0.1, 0.15) is 5.75 Å². The monoisotopic (exact) mass is 240 g/mol. The van der Waals surface area contributed by atoms with Gasteiger partial charge in [-0.25, -0.2) is 0 Å². The van der Waals surface area contributed by atoms with Gasteiger partial charge in [0.2, 0.25) is 0 Å². The standard InChI is InChI=1S/C13H17ClO2/c1-7-9-5-3-4-6-10(9)12(14)13(16)11(7)8(2)15/h8,15-16H,3-6H2,1-2H3. The summed E-state index contributed by atoms with van der Waals surface area (Å²) in [6.45, 7) is 3.62. The van der Waals surface area contributed by atoms with Crippen LogP contribution < -0.4 is 0 Å². The first-order valence-electron chi connectivity index (χ1n) is 5.74. The average Bonchev–Trinajstić information content (AvgIpc) is 2.26. The molecular weight excluding hydrogens is 224 g/mol. The van der Waals surface area contributed by atoms with E-state index < -0.39 is 6.10 Å². The Morgan fingerprint density at radius 2 is 1.75 bits per heavy atom. The lowest BCUT2D eigenvalue weighted by atomic mass is 9.85. The number of rotatable bonds is 1. The number of phenolic OH excluding ortho intramolecular Hbond substituents is 1. The van der Waals surface area contributed by atoms with Crippen molar-refractivity contribution in [1.29, 1.82) is 0 Å². The fraction of sp³-hybridized carbons (Fsp3) is 0.538. The first kappa shape index (κ1) is 11.7. The van der Waals surface area contributed by atoms with Crippen LogP contribution in [0, 0.1) is 6.92 Å². The predicted molar refractivity (Wildman–Crippen MR) is 65.1 cm³/mol. The molecule has 2 nitrogen and oxygen atoms in total. The number of benzene rings is 1. The fourth-order valence-corrected chi connectivity index (χ4v) is 2.98. The van der Waals surface area contributed by atoms with Gasteiger partial charge in [0.15, 0.2) is 0 Å². The molecule has 1 aromatic carbocycles. The number of halogens is 1. The molecule has 0 heterocycles. The summed E-state index contributed by atoms with van der Waals surface area (Å²) in [4.78, 5) is 0.